The van der Waals surface area contributed by atoms with Crippen molar-refractivity contribution < 1.29 is 0 Å². The van der Waals surface area contributed by atoms with Gasteiger partial charge in [-0.15, -0.1) is 0 Å². The van der Waals surface area contributed by atoms with E-state index in [0.717, 1.165) is 11.4 Å². The number of nitrogens with zero attached hydrogens (tertiary/aromatic N) is 3. The summed E-state index contributed by atoms with van der Waals surface area (Å²) < 4.78 is 2.30. The molecule has 3 nitrogen and oxygen atoms in total. The van der Waals surface area contributed by atoms with Gasteiger partial charge in [0, 0.05) is 29.3 Å². The average Bonchev–Trinajstić information content (AvgIpc) is 2.99. The van der Waals surface area contributed by atoms with E-state index in [1.807, 2.05) is 33.9 Å². The highest BCUT2D eigenvalue weighted by Crippen LogP contribution is 2.29. The fourth-order valence-electron chi connectivity index (χ4n) is 2.36. The van der Waals surface area contributed by atoms with E-state index in [4.69, 9.17) is 0 Å². The topological polar surface area (TPSA) is 30.7 Å². The lowest BCUT2D eigenvalue weighted by Gasteiger charge is -2.13. The molecule has 0 amide bonds. The van der Waals surface area contributed by atoms with Crippen LogP contribution in [0.2, 0.25) is 0 Å². The van der Waals surface area contributed by atoms with Crippen molar-refractivity contribution in [2.45, 2.75) is 47.6 Å². The molecule has 3 heteroatoms. The van der Waals surface area contributed by atoms with Crippen molar-refractivity contribution in [3.63, 3.8) is 0 Å². The van der Waals surface area contributed by atoms with Crippen LogP contribution in [0.1, 0.15) is 47.6 Å². The molecule has 2 heterocycles. The maximum atomic E-state index is 4.40. The van der Waals surface area contributed by atoms with E-state index in [1.54, 1.807) is 12.4 Å². The summed E-state index contributed by atoms with van der Waals surface area (Å²) in [6, 6.07) is 11.0. The van der Waals surface area contributed by atoms with E-state index in [0.29, 0.717) is 6.04 Å². The molecule has 3 aromatic rings. The van der Waals surface area contributed by atoms with Crippen LogP contribution in [0.4, 0.5) is 0 Å². The third-order valence-corrected chi connectivity index (χ3v) is 3.09. The molecule has 3 rings (SSSR count). The normalized spacial score (nSPS) is 9.77. The van der Waals surface area contributed by atoms with Gasteiger partial charge in [-0.05, 0) is 26.0 Å². The largest absolute Gasteiger partial charge is 0.337 e. The second-order valence-corrected chi connectivity index (χ2v) is 4.64. The number of aromatic nitrogens is 3. The minimum absolute atomic E-state index is 0.391. The van der Waals surface area contributed by atoms with E-state index < -0.39 is 0 Å². The highest BCUT2D eigenvalue weighted by molar-refractivity contribution is 5.86. The van der Waals surface area contributed by atoms with Gasteiger partial charge in [-0.25, -0.2) is 0 Å². The Labute approximate surface area is 134 Å². The Bertz CT molecular complexity index is 669. The number of para-hydroxylation sites is 1. The van der Waals surface area contributed by atoms with Gasteiger partial charge in [0.15, 0.2) is 0 Å². The minimum Gasteiger partial charge on any atom is -0.337 e. The van der Waals surface area contributed by atoms with E-state index in [1.165, 1.54) is 10.9 Å². The van der Waals surface area contributed by atoms with Crippen molar-refractivity contribution in [1.82, 2.24) is 14.5 Å². The summed E-state index contributed by atoms with van der Waals surface area (Å²) in [5, 5.41) is 1.24. The fraction of sp³-hybridized carbons (Fsp3) is 0.368. The van der Waals surface area contributed by atoms with Crippen LogP contribution < -0.4 is 0 Å². The Morgan fingerprint density at radius 1 is 0.955 bits per heavy atom. The van der Waals surface area contributed by atoms with Gasteiger partial charge in [0.2, 0.25) is 0 Å². The lowest BCUT2D eigenvalue weighted by atomic mass is 10.2. The van der Waals surface area contributed by atoms with Crippen LogP contribution in [0, 0.1) is 0 Å². The quantitative estimate of drug-likeness (QED) is 0.604. The first-order valence-corrected chi connectivity index (χ1v) is 8.14. The van der Waals surface area contributed by atoms with Crippen molar-refractivity contribution in [2.75, 3.05) is 0 Å². The van der Waals surface area contributed by atoms with E-state index in [9.17, 15) is 0 Å². The maximum Gasteiger partial charge on any atom is 0.105 e. The molecule has 0 atom stereocenters. The first kappa shape index (κ1) is 17.9. The molecule has 0 radical (unpaired) electrons. The SMILES string of the molecule is CC.CC.CC(C)n1c(-c2cnccn2)cc2ccccc21. The predicted octanol–water partition coefficient (Wildman–Crippen LogP) is 5.73. The van der Waals surface area contributed by atoms with Crippen LogP contribution in [-0.4, -0.2) is 14.5 Å². The summed E-state index contributed by atoms with van der Waals surface area (Å²) in [6.45, 7) is 12.4. The molecule has 0 saturated carbocycles. The summed E-state index contributed by atoms with van der Waals surface area (Å²) in [5.74, 6) is 0. The lowest BCUT2D eigenvalue weighted by Crippen LogP contribution is -2.03. The van der Waals surface area contributed by atoms with E-state index in [2.05, 4.69) is 58.7 Å². The molecule has 0 aliphatic heterocycles. The second kappa shape index (κ2) is 8.98. The molecule has 0 saturated heterocycles. The average molecular weight is 297 g/mol. The fourth-order valence-corrected chi connectivity index (χ4v) is 2.36. The van der Waals surface area contributed by atoms with Gasteiger partial charge < -0.3 is 4.57 Å². The third-order valence-electron chi connectivity index (χ3n) is 3.09. The zero-order valence-electron chi connectivity index (χ0n) is 14.5. The maximum absolute atomic E-state index is 4.40. The highest BCUT2D eigenvalue weighted by Gasteiger charge is 2.13. The standard InChI is InChI=1S/C15H15N3.2C2H6/c1-11(2)18-14-6-4-3-5-12(14)9-15(18)13-10-16-7-8-17-13;2*1-2/h3-11H,1-2H3;2*1-2H3. The minimum atomic E-state index is 0.391. The molecule has 0 spiro atoms. The summed E-state index contributed by atoms with van der Waals surface area (Å²) in [5.41, 5.74) is 3.29. The Hall–Kier alpha value is -2.16. The molecule has 22 heavy (non-hydrogen) atoms. The van der Waals surface area contributed by atoms with Gasteiger partial charge in [-0.2, -0.15) is 0 Å². The van der Waals surface area contributed by atoms with Crippen molar-refractivity contribution in [3.05, 3.63) is 48.9 Å². The van der Waals surface area contributed by atoms with E-state index >= 15 is 0 Å². The zero-order valence-corrected chi connectivity index (χ0v) is 14.5. The van der Waals surface area contributed by atoms with Crippen LogP contribution in [0.5, 0.6) is 0 Å². The van der Waals surface area contributed by atoms with E-state index in [-0.39, 0.29) is 0 Å². The molecule has 1 aromatic carbocycles. The number of hydrogen-bond donors (Lipinski definition) is 0. The lowest BCUT2D eigenvalue weighted by molar-refractivity contribution is 0.627. The third kappa shape index (κ3) is 3.73. The van der Waals surface area contributed by atoms with Crippen molar-refractivity contribution in [1.29, 1.82) is 0 Å². The van der Waals surface area contributed by atoms with Gasteiger partial charge in [-0.1, -0.05) is 45.9 Å². The van der Waals surface area contributed by atoms with Crippen LogP contribution >= 0.6 is 0 Å². The molecule has 2 aromatic heterocycles. The Morgan fingerprint density at radius 3 is 2.23 bits per heavy atom. The molecule has 118 valence electrons. The van der Waals surface area contributed by atoms with Crippen molar-refractivity contribution >= 4 is 10.9 Å². The zero-order chi connectivity index (χ0) is 16.5. The van der Waals surface area contributed by atoms with Crippen LogP contribution in [-0.2, 0) is 0 Å². The smallest absolute Gasteiger partial charge is 0.105 e. The number of benzene rings is 1. The molecule has 0 bridgehead atoms. The van der Waals surface area contributed by atoms with Crippen LogP contribution in [0.15, 0.2) is 48.9 Å². The number of hydrogen-bond acceptors (Lipinski definition) is 2. The van der Waals surface area contributed by atoms with Crippen molar-refractivity contribution in [3.8, 4) is 11.4 Å². The summed E-state index contributed by atoms with van der Waals surface area (Å²) in [7, 11) is 0. The Kier molecular flexibility index (Phi) is 7.30. The monoisotopic (exact) mass is 297 g/mol. The Morgan fingerprint density at radius 2 is 1.64 bits per heavy atom. The summed E-state index contributed by atoms with van der Waals surface area (Å²) in [6.07, 6.45) is 5.25. The highest BCUT2D eigenvalue weighted by atomic mass is 15.0. The molecule has 0 fully saturated rings. The molecule has 0 N–H and O–H groups in total. The van der Waals surface area contributed by atoms with Crippen LogP contribution in [0.3, 0.4) is 0 Å². The van der Waals surface area contributed by atoms with Gasteiger partial charge >= 0.3 is 0 Å². The molecule has 0 aliphatic rings. The van der Waals surface area contributed by atoms with Crippen LogP contribution in [0.25, 0.3) is 22.3 Å². The molecule has 0 aliphatic carbocycles. The number of fused-ring (bicyclic) bond motifs is 1. The number of rotatable bonds is 2. The summed E-state index contributed by atoms with van der Waals surface area (Å²) >= 11 is 0. The first-order valence-electron chi connectivity index (χ1n) is 8.14. The predicted molar refractivity (Wildman–Crippen MR) is 96.0 cm³/mol. The molecular weight excluding hydrogens is 270 g/mol. The first-order chi connectivity index (χ1) is 10.8. The second-order valence-electron chi connectivity index (χ2n) is 4.64. The van der Waals surface area contributed by atoms with Crippen molar-refractivity contribution in [2.24, 2.45) is 0 Å². The summed E-state index contributed by atoms with van der Waals surface area (Å²) in [4.78, 5) is 8.56. The van der Waals surface area contributed by atoms with Gasteiger partial charge in [0.1, 0.15) is 5.69 Å². The molecular formula is C19H27N3. The van der Waals surface area contributed by atoms with Gasteiger partial charge in [0.05, 0.1) is 11.9 Å². The van der Waals surface area contributed by atoms with Gasteiger partial charge in [0.25, 0.3) is 0 Å². The Balaban J connectivity index is 0.000000561. The van der Waals surface area contributed by atoms with Gasteiger partial charge in [-0.3, -0.25) is 9.97 Å². The molecule has 0 unspecified atom stereocenters.